The zero-order valence-electron chi connectivity index (χ0n) is 12.8. The first-order valence-electron chi connectivity index (χ1n) is 6.79. The second-order valence-corrected chi connectivity index (χ2v) is 6.70. The Balaban J connectivity index is 2.95. The fraction of sp³-hybridized carbons (Fsp3) is 0.400. The van der Waals surface area contributed by atoms with Gasteiger partial charge in [0.05, 0.1) is 18.0 Å². The van der Waals surface area contributed by atoms with Crippen molar-refractivity contribution < 1.29 is 13.2 Å². The number of nitrogens with one attached hydrogen (secondary N) is 2. The van der Waals surface area contributed by atoms with Crippen LogP contribution in [0.2, 0.25) is 0 Å². The van der Waals surface area contributed by atoms with E-state index in [0.717, 1.165) is 18.2 Å². The van der Waals surface area contributed by atoms with Crippen molar-refractivity contribution in [3.8, 4) is 0 Å². The molecule has 1 amide bonds. The molecule has 1 aromatic carbocycles. The molecule has 2 N–H and O–H groups in total. The van der Waals surface area contributed by atoms with Crippen LogP contribution in [0, 0.1) is 0 Å². The Kier molecular flexibility index (Phi) is 5.96. The van der Waals surface area contributed by atoms with Crippen molar-refractivity contribution in [1.29, 1.82) is 0 Å². The van der Waals surface area contributed by atoms with Crippen LogP contribution in [0.5, 0.6) is 0 Å². The Labute approximate surface area is 126 Å². The number of rotatable bonds is 6. The molecule has 6 heteroatoms. The van der Waals surface area contributed by atoms with E-state index in [1.807, 2.05) is 19.9 Å². The average molecular weight is 310 g/mol. The van der Waals surface area contributed by atoms with Crippen molar-refractivity contribution in [2.45, 2.75) is 33.2 Å². The van der Waals surface area contributed by atoms with E-state index in [9.17, 15) is 13.2 Å². The third-order valence-corrected chi connectivity index (χ3v) is 3.53. The highest BCUT2D eigenvalue weighted by Gasteiger charge is 2.15. The van der Waals surface area contributed by atoms with Crippen LogP contribution in [0.3, 0.4) is 0 Å². The topological polar surface area (TPSA) is 75.3 Å². The normalized spacial score (nSPS) is 13.6. The Morgan fingerprint density at radius 2 is 1.95 bits per heavy atom. The minimum absolute atomic E-state index is 0.154. The zero-order valence-corrected chi connectivity index (χ0v) is 13.6. The van der Waals surface area contributed by atoms with E-state index in [1.54, 1.807) is 31.2 Å². The number of hydrogen-bond acceptors (Lipinski definition) is 3. The summed E-state index contributed by atoms with van der Waals surface area (Å²) in [4.78, 5) is 12.0. The molecule has 0 saturated heterocycles. The Bertz CT molecular complexity index is 636. The van der Waals surface area contributed by atoms with Crippen LogP contribution in [0.25, 0.3) is 0 Å². The fourth-order valence-corrected chi connectivity index (χ4v) is 2.54. The van der Waals surface area contributed by atoms with Crippen molar-refractivity contribution in [3.05, 3.63) is 41.5 Å². The van der Waals surface area contributed by atoms with E-state index in [0.29, 0.717) is 11.3 Å². The first kappa shape index (κ1) is 17.2. The van der Waals surface area contributed by atoms with Gasteiger partial charge in [0.25, 0.3) is 0 Å². The number of amides is 1. The molecule has 0 heterocycles. The van der Waals surface area contributed by atoms with E-state index >= 15 is 0 Å². The third-order valence-electron chi connectivity index (χ3n) is 2.94. The van der Waals surface area contributed by atoms with E-state index in [1.165, 1.54) is 0 Å². The molecule has 0 bridgehead atoms. The number of carbonyl (C=O) groups is 1. The number of hydrogen-bond donors (Lipinski definition) is 2. The molecule has 1 aromatic rings. The predicted molar refractivity (Wildman–Crippen MR) is 85.5 cm³/mol. The minimum Gasteiger partial charge on any atom is -0.346 e. The van der Waals surface area contributed by atoms with Crippen LogP contribution in [0.15, 0.2) is 35.9 Å². The molecule has 5 nitrogen and oxygen atoms in total. The van der Waals surface area contributed by atoms with Gasteiger partial charge in [-0.1, -0.05) is 31.2 Å². The molecular formula is C15H22N2O3S. The van der Waals surface area contributed by atoms with Gasteiger partial charge in [-0.3, -0.25) is 9.52 Å². The van der Waals surface area contributed by atoms with Gasteiger partial charge in [0.15, 0.2) is 0 Å². The lowest BCUT2D eigenvalue weighted by atomic mass is 10.1. The molecule has 0 saturated carbocycles. The quantitative estimate of drug-likeness (QED) is 0.793. The first-order chi connectivity index (χ1) is 9.74. The second-order valence-electron chi connectivity index (χ2n) is 4.95. The van der Waals surface area contributed by atoms with Crippen LogP contribution in [-0.2, 0) is 14.8 Å². The van der Waals surface area contributed by atoms with Crippen LogP contribution in [0.1, 0.15) is 38.8 Å². The monoisotopic (exact) mass is 310 g/mol. The van der Waals surface area contributed by atoms with Crippen LogP contribution in [0.4, 0.5) is 5.69 Å². The van der Waals surface area contributed by atoms with Gasteiger partial charge in [0, 0.05) is 5.57 Å². The largest absolute Gasteiger partial charge is 0.346 e. The van der Waals surface area contributed by atoms with Crippen molar-refractivity contribution in [2.24, 2.45) is 0 Å². The maximum Gasteiger partial charge on any atom is 0.247 e. The lowest BCUT2D eigenvalue weighted by Crippen LogP contribution is -2.28. The molecule has 1 rings (SSSR count). The molecule has 1 unspecified atom stereocenters. The zero-order chi connectivity index (χ0) is 16.0. The fourth-order valence-electron chi connectivity index (χ4n) is 1.95. The van der Waals surface area contributed by atoms with Gasteiger partial charge in [0.1, 0.15) is 0 Å². The molecule has 0 radical (unpaired) electrons. The summed E-state index contributed by atoms with van der Waals surface area (Å²) in [7, 11) is -3.36. The summed E-state index contributed by atoms with van der Waals surface area (Å²) in [5, 5.41) is 2.86. The molecule has 0 fully saturated rings. The van der Waals surface area contributed by atoms with Gasteiger partial charge in [-0.05, 0) is 31.9 Å². The van der Waals surface area contributed by atoms with Gasteiger partial charge >= 0.3 is 0 Å². The number of anilines is 1. The van der Waals surface area contributed by atoms with Gasteiger partial charge < -0.3 is 5.32 Å². The summed E-state index contributed by atoms with van der Waals surface area (Å²) in [6.07, 6.45) is 3.74. The summed E-state index contributed by atoms with van der Waals surface area (Å²) in [6, 6.07) is 6.71. The second kappa shape index (κ2) is 7.26. The highest BCUT2D eigenvalue weighted by Crippen LogP contribution is 2.23. The van der Waals surface area contributed by atoms with Crippen molar-refractivity contribution in [3.63, 3.8) is 0 Å². The third kappa shape index (κ3) is 5.59. The summed E-state index contributed by atoms with van der Waals surface area (Å²) < 4.78 is 25.2. The maximum atomic E-state index is 12.0. The van der Waals surface area contributed by atoms with Crippen LogP contribution >= 0.6 is 0 Å². The number of para-hydroxylation sites is 1. The van der Waals surface area contributed by atoms with Gasteiger partial charge in [-0.2, -0.15) is 0 Å². The predicted octanol–water partition coefficient (Wildman–Crippen LogP) is 2.59. The molecule has 0 aliphatic carbocycles. The number of allylic oxidation sites excluding steroid dienone is 1. The standard InChI is InChI=1S/C15H22N2O3S/c1-5-8-11(2)15(18)16-12(3)13-9-6-7-10-14(13)17-21(4,19)20/h6-10,12,17H,5H2,1-4H3,(H,16,18)/b11-8+. The first-order valence-corrected chi connectivity index (χ1v) is 8.68. The summed E-state index contributed by atoms with van der Waals surface area (Å²) >= 11 is 0. The van der Waals surface area contributed by atoms with Crippen molar-refractivity contribution >= 4 is 21.6 Å². The van der Waals surface area contributed by atoms with Crippen molar-refractivity contribution in [1.82, 2.24) is 5.32 Å². The smallest absolute Gasteiger partial charge is 0.247 e. The van der Waals surface area contributed by atoms with Gasteiger partial charge in [0.2, 0.25) is 15.9 Å². The number of carbonyl (C=O) groups excluding carboxylic acids is 1. The highest BCUT2D eigenvalue weighted by atomic mass is 32.2. The summed E-state index contributed by atoms with van der Waals surface area (Å²) in [5.74, 6) is -0.154. The lowest BCUT2D eigenvalue weighted by Gasteiger charge is -2.18. The lowest BCUT2D eigenvalue weighted by molar-refractivity contribution is -0.118. The molecule has 21 heavy (non-hydrogen) atoms. The average Bonchev–Trinajstić information content (AvgIpc) is 2.37. The molecule has 0 aromatic heterocycles. The molecule has 0 aliphatic rings. The Morgan fingerprint density at radius 1 is 1.33 bits per heavy atom. The molecule has 1 atom stereocenters. The highest BCUT2D eigenvalue weighted by molar-refractivity contribution is 7.92. The van der Waals surface area contributed by atoms with Crippen LogP contribution in [-0.4, -0.2) is 20.6 Å². The van der Waals surface area contributed by atoms with Crippen molar-refractivity contribution in [2.75, 3.05) is 11.0 Å². The van der Waals surface area contributed by atoms with E-state index in [2.05, 4.69) is 10.0 Å². The van der Waals surface area contributed by atoms with E-state index in [-0.39, 0.29) is 11.9 Å². The minimum atomic E-state index is -3.36. The SMILES string of the molecule is CC/C=C(\C)C(=O)NC(C)c1ccccc1NS(C)(=O)=O. The molecule has 116 valence electrons. The molecule has 0 aliphatic heterocycles. The Morgan fingerprint density at radius 3 is 2.52 bits per heavy atom. The van der Waals surface area contributed by atoms with E-state index in [4.69, 9.17) is 0 Å². The Hall–Kier alpha value is -1.82. The van der Waals surface area contributed by atoms with Gasteiger partial charge in [-0.15, -0.1) is 0 Å². The maximum absolute atomic E-state index is 12.0. The summed E-state index contributed by atoms with van der Waals surface area (Å²) in [5.41, 5.74) is 1.85. The van der Waals surface area contributed by atoms with E-state index < -0.39 is 10.0 Å². The number of benzene rings is 1. The van der Waals surface area contributed by atoms with Gasteiger partial charge in [-0.25, -0.2) is 8.42 Å². The molecular weight excluding hydrogens is 288 g/mol. The molecule has 0 spiro atoms. The number of sulfonamides is 1. The summed E-state index contributed by atoms with van der Waals surface area (Å²) in [6.45, 7) is 5.54. The van der Waals surface area contributed by atoms with Crippen LogP contribution < -0.4 is 10.0 Å².